The molecule has 0 spiro atoms. The highest BCUT2D eigenvalue weighted by molar-refractivity contribution is 5.67. The van der Waals surface area contributed by atoms with Crippen LogP contribution >= 0.6 is 0 Å². The van der Waals surface area contributed by atoms with Crippen LogP contribution in [0.5, 0.6) is 0 Å². The molecule has 0 aliphatic heterocycles. The normalized spacial score (nSPS) is 10.6. The Bertz CT molecular complexity index is 367. The fourth-order valence-electron chi connectivity index (χ4n) is 1.08. The fraction of sp³-hybridized carbons (Fsp3) is 0.125. The third-order valence-corrected chi connectivity index (χ3v) is 1.63. The van der Waals surface area contributed by atoms with Crippen LogP contribution in [0.25, 0.3) is 11.1 Å². The molecule has 0 radical (unpaired) electrons. The molecule has 11 heavy (non-hydrogen) atoms. The third kappa shape index (κ3) is 0.897. The predicted molar refractivity (Wildman–Crippen MR) is 38.6 cm³/mol. The van der Waals surface area contributed by atoms with Gasteiger partial charge in [0.2, 0.25) is 5.58 Å². The van der Waals surface area contributed by atoms with Gasteiger partial charge in [-0.2, -0.15) is 0 Å². The van der Waals surface area contributed by atoms with Crippen LogP contribution in [-0.2, 0) is 6.73 Å². The Morgan fingerprint density at radius 1 is 1.36 bits per heavy atom. The lowest BCUT2D eigenvalue weighted by atomic mass is 10.3. The highest BCUT2D eigenvalue weighted by atomic mass is 16.3. The minimum absolute atomic E-state index is 0.0446. The zero-order chi connectivity index (χ0) is 7.68. The number of nitrogens with zero attached hydrogens (tertiary/aromatic N) is 1. The van der Waals surface area contributed by atoms with Crippen molar-refractivity contribution in [3.63, 3.8) is 0 Å². The molecule has 56 valence electrons. The molecule has 3 heteroatoms. The van der Waals surface area contributed by atoms with E-state index < -0.39 is 0 Å². The largest absolute Gasteiger partial charge is 0.404 e. The molecule has 1 heterocycles. The Labute approximate surface area is 63.5 Å². The fourth-order valence-corrected chi connectivity index (χ4v) is 1.08. The Balaban J connectivity index is 2.76. The van der Waals surface area contributed by atoms with E-state index in [9.17, 15) is 0 Å². The molecule has 1 N–H and O–H groups in total. The zero-order valence-electron chi connectivity index (χ0n) is 5.90. The second-order valence-corrected chi connectivity index (χ2v) is 2.30. The molecule has 0 amide bonds. The van der Waals surface area contributed by atoms with E-state index in [-0.39, 0.29) is 6.73 Å². The highest BCUT2D eigenvalue weighted by Crippen LogP contribution is 2.07. The van der Waals surface area contributed by atoms with Gasteiger partial charge in [-0.25, -0.2) is 0 Å². The molecule has 2 aromatic rings. The summed E-state index contributed by atoms with van der Waals surface area (Å²) in [5, 5.41) is 8.83. The molecule has 0 saturated heterocycles. The molecule has 0 atom stereocenters. The third-order valence-electron chi connectivity index (χ3n) is 1.63. The van der Waals surface area contributed by atoms with Crippen LogP contribution in [0.3, 0.4) is 0 Å². The molecule has 0 unspecified atom stereocenters. The number of oxazole rings is 1. The van der Waals surface area contributed by atoms with Gasteiger partial charge < -0.3 is 9.52 Å². The van der Waals surface area contributed by atoms with Gasteiger partial charge in [0.1, 0.15) is 0 Å². The van der Waals surface area contributed by atoms with Crippen LogP contribution in [0.4, 0.5) is 0 Å². The Kier molecular flexibility index (Phi) is 1.36. The molecule has 1 aromatic heterocycles. The lowest BCUT2D eigenvalue weighted by Crippen LogP contribution is -2.30. The van der Waals surface area contributed by atoms with E-state index in [1.807, 2.05) is 24.3 Å². The van der Waals surface area contributed by atoms with Crippen LogP contribution in [0, 0.1) is 0 Å². The van der Waals surface area contributed by atoms with E-state index in [2.05, 4.69) is 0 Å². The molecule has 0 bridgehead atoms. The predicted octanol–water partition coefficient (Wildman–Crippen LogP) is 0.670. The van der Waals surface area contributed by atoms with Crippen LogP contribution in [0.15, 0.2) is 35.1 Å². The average Bonchev–Trinajstić information content (AvgIpc) is 2.47. The molecular formula is C8H8NO2+. The molecule has 0 saturated carbocycles. The van der Waals surface area contributed by atoms with E-state index in [4.69, 9.17) is 9.52 Å². The monoisotopic (exact) mass is 150 g/mol. The summed E-state index contributed by atoms with van der Waals surface area (Å²) in [6.45, 7) is -0.0446. The van der Waals surface area contributed by atoms with Crippen molar-refractivity contribution in [2.24, 2.45) is 0 Å². The molecule has 0 aliphatic rings. The number of para-hydroxylation sites is 2. The second kappa shape index (κ2) is 2.36. The molecule has 2 rings (SSSR count). The van der Waals surface area contributed by atoms with Crippen LogP contribution in [-0.4, -0.2) is 5.11 Å². The maximum absolute atomic E-state index is 8.83. The molecule has 0 fully saturated rings. The maximum atomic E-state index is 8.83. The summed E-state index contributed by atoms with van der Waals surface area (Å²) in [6.07, 6.45) is 1.50. The van der Waals surface area contributed by atoms with Crippen molar-refractivity contribution in [2.75, 3.05) is 0 Å². The first-order chi connectivity index (χ1) is 5.42. The number of rotatable bonds is 1. The number of aliphatic hydroxyl groups is 1. The van der Waals surface area contributed by atoms with E-state index in [0.29, 0.717) is 0 Å². The summed E-state index contributed by atoms with van der Waals surface area (Å²) in [7, 11) is 0. The molecule has 3 nitrogen and oxygen atoms in total. The first kappa shape index (κ1) is 6.37. The zero-order valence-corrected chi connectivity index (χ0v) is 5.90. The van der Waals surface area contributed by atoms with Crippen LogP contribution in [0.2, 0.25) is 0 Å². The molecule has 1 aromatic carbocycles. The van der Waals surface area contributed by atoms with E-state index in [1.54, 1.807) is 4.57 Å². The summed E-state index contributed by atoms with van der Waals surface area (Å²) >= 11 is 0. The van der Waals surface area contributed by atoms with Gasteiger partial charge in [0.25, 0.3) is 12.2 Å². The SMILES string of the molecule is OC[n+]1coc2ccccc21. The van der Waals surface area contributed by atoms with Gasteiger partial charge in [-0.1, -0.05) is 12.1 Å². The van der Waals surface area contributed by atoms with Crippen molar-refractivity contribution in [1.29, 1.82) is 0 Å². The Morgan fingerprint density at radius 2 is 2.18 bits per heavy atom. The first-order valence-corrected chi connectivity index (χ1v) is 3.38. The topological polar surface area (TPSA) is 37.2 Å². The summed E-state index contributed by atoms with van der Waals surface area (Å²) in [6, 6.07) is 7.56. The molecular weight excluding hydrogens is 142 g/mol. The average molecular weight is 150 g/mol. The van der Waals surface area contributed by atoms with Gasteiger partial charge >= 0.3 is 6.39 Å². The van der Waals surface area contributed by atoms with Crippen molar-refractivity contribution in [3.05, 3.63) is 30.7 Å². The summed E-state index contributed by atoms with van der Waals surface area (Å²) in [5.74, 6) is 0. The standard InChI is InChI=1S/C8H8NO2/c10-5-9-6-11-8-4-2-1-3-7(8)9/h1-4,6,10H,5H2/q+1. The minimum Gasteiger partial charge on any atom is -0.404 e. The number of benzene rings is 1. The summed E-state index contributed by atoms with van der Waals surface area (Å²) in [5.41, 5.74) is 1.71. The number of hydrogen-bond donors (Lipinski definition) is 1. The van der Waals surface area contributed by atoms with Gasteiger partial charge in [0, 0.05) is 6.07 Å². The maximum Gasteiger partial charge on any atom is 0.337 e. The Hall–Kier alpha value is -1.35. The lowest BCUT2D eigenvalue weighted by Gasteiger charge is -1.82. The quantitative estimate of drug-likeness (QED) is 0.606. The Morgan fingerprint density at radius 3 is 3.00 bits per heavy atom. The van der Waals surface area contributed by atoms with Crippen molar-refractivity contribution in [2.45, 2.75) is 6.73 Å². The lowest BCUT2D eigenvalue weighted by molar-refractivity contribution is -0.710. The van der Waals surface area contributed by atoms with Gasteiger partial charge in [0.05, 0.1) is 0 Å². The minimum atomic E-state index is -0.0446. The van der Waals surface area contributed by atoms with Crippen molar-refractivity contribution in [1.82, 2.24) is 0 Å². The van der Waals surface area contributed by atoms with Crippen LogP contribution in [0.1, 0.15) is 0 Å². The smallest absolute Gasteiger partial charge is 0.337 e. The van der Waals surface area contributed by atoms with Crippen LogP contribution < -0.4 is 4.57 Å². The van der Waals surface area contributed by atoms with Crippen molar-refractivity contribution >= 4 is 11.1 Å². The van der Waals surface area contributed by atoms with E-state index in [1.165, 1.54) is 6.39 Å². The van der Waals surface area contributed by atoms with Crippen molar-refractivity contribution < 1.29 is 14.1 Å². The number of hydrogen-bond acceptors (Lipinski definition) is 2. The van der Waals surface area contributed by atoms with E-state index >= 15 is 0 Å². The highest BCUT2D eigenvalue weighted by Gasteiger charge is 2.09. The summed E-state index contributed by atoms with van der Waals surface area (Å²) < 4.78 is 6.78. The first-order valence-electron chi connectivity index (χ1n) is 3.38. The number of aromatic nitrogens is 1. The number of fused-ring (bicyclic) bond motifs is 1. The van der Waals surface area contributed by atoms with Gasteiger partial charge in [-0.05, 0) is 6.07 Å². The summed E-state index contributed by atoms with van der Waals surface area (Å²) in [4.78, 5) is 0. The second-order valence-electron chi connectivity index (χ2n) is 2.30. The van der Waals surface area contributed by atoms with Gasteiger partial charge in [-0.3, -0.25) is 0 Å². The van der Waals surface area contributed by atoms with E-state index in [0.717, 1.165) is 11.1 Å². The van der Waals surface area contributed by atoms with Gasteiger partial charge in [-0.15, -0.1) is 4.57 Å². The number of aliphatic hydroxyl groups excluding tert-OH is 1. The van der Waals surface area contributed by atoms with Gasteiger partial charge in [0.15, 0.2) is 0 Å². The molecule has 0 aliphatic carbocycles. The van der Waals surface area contributed by atoms with Crippen molar-refractivity contribution in [3.8, 4) is 0 Å².